The van der Waals surface area contributed by atoms with Crippen LogP contribution in [0.15, 0.2) is 91.7 Å². The first-order valence-corrected chi connectivity index (χ1v) is 13.2. The number of esters is 1. The van der Waals surface area contributed by atoms with Crippen molar-refractivity contribution in [3.05, 3.63) is 103 Å². The SMILES string of the molecule is C=C(C)OOCCCOc1ccc(OCOc2ccc(OC(=O)c3ccc(C(=C)OCCOCOC)cc3)cc2)cc1. The molecule has 42 heavy (non-hydrogen) atoms. The second-order valence-corrected chi connectivity index (χ2v) is 8.71. The quantitative estimate of drug-likeness (QED) is 0.0293. The molecule has 0 fully saturated rings. The van der Waals surface area contributed by atoms with E-state index in [-0.39, 0.29) is 13.6 Å². The van der Waals surface area contributed by atoms with Crippen molar-refractivity contribution < 1.29 is 47.7 Å². The summed E-state index contributed by atoms with van der Waals surface area (Å²) in [6, 6.07) is 20.6. The Hall–Kier alpha value is -4.51. The lowest BCUT2D eigenvalue weighted by molar-refractivity contribution is -0.261. The molecule has 224 valence electrons. The zero-order valence-corrected chi connectivity index (χ0v) is 23.9. The van der Waals surface area contributed by atoms with E-state index in [9.17, 15) is 4.79 Å². The van der Waals surface area contributed by atoms with Crippen LogP contribution in [0, 0.1) is 0 Å². The molecule has 0 aliphatic heterocycles. The number of carbonyl (C=O) groups excluding carboxylic acids is 1. The van der Waals surface area contributed by atoms with Crippen LogP contribution in [0.25, 0.3) is 5.76 Å². The van der Waals surface area contributed by atoms with Gasteiger partial charge in [0.15, 0.2) is 0 Å². The van der Waals surface area contributed by atoms with Crippen LogP contribution in [-0.2, 0) is 24.0 Å². The first-order valence-electron chi connectivity index (χ1n) is 13.2. The molecule has 0 bridgehead atoms. The van der Waals surface area contributed by atoms with Gasteiger partial charge in [0, 0.05) is 19.1 Å². The average Bonchev–Trinajstić information content (AvgIpc) is 3.00. The number of benzene rings is 3. The lowest BCUT2D eigenvalue weighted by Gasteiger charge is -2.11. The third-order valence-corrected chi connectivity index (χ3v) is 5.30. The van der Waals surface area contributed by atoms with Gasteiger partial charge in [-0.25, -0.2) is 4.79 Å². The van der Waals surface area contributed by atoms with E-state index in [0.29, 0.717) is 72.9 Å². The molecule has 0 aromatic heterocycles. The zero-order valence-electron chi connectivity index (χ0n) is 23.9. The van der Waals surface area contributed by atoms with Crippen LogP contribution in [0.3, 0.4) is 0 Å². The van der Waals surface area contributed by atoms with Crippen LogP contribution in [0.2, 0.25) is 0 Å². The maximum atomic E-state index is 12.5. The van der Waals surface area contributed by atoms with Crippen LogP contribution >= 0.6 is 0 Å². The van der Waals surface area contributed by atoms with Crippen LogP contribution < -0.4 is 18.9 Å². The highest BCUT2D eigenvalue weighted by atomic mass is 17.2. The van der Waals surface area contributed by atoms with Gasteiger partial charge in [-0.15, -0.1) is 0 Å². The molecule has 10 nitrogen and oxygen atoms in total. The highest BCUT2D eigenvalue weighted by Gasteiger charge is 2.10. The fourth-order valence-electron chi connectivity index (χ4n) is 3.26. The van der Waals surface area contributed by atoms with Crippen molar-refractivity contribution in [2.75, 3.05) is 47.1 Å². The minimum Gasteiger partial charge on any atom is -0.494 e. The molecule has 0 unspecified atom stereocenters. The molecule has 0 atom stereocenters. The Morgan fingerprint density at radius 1 is 0.667 bits per heavy atom. The highest BCUT2D eigenvalue weighted by molar-refractivity contribution is 5.91. The smallest absolute Gasteiger partial charge is 0.343 e. The third kappa shape index (κ3) is 11.9. The molecule has 10 heteroatoms. The number of rotatable bonds is 20. The minimum atomic E-state index is -0.490. The van der Waals surface area contributed by atoms with Gasteiger partial charge in [-0.2, -0.15) is 4.89 Å². The third-order valence-electron chi connectivity index (χ3n) is 5.30. The van der Waals surface area contributed by atoms with Crippen molar-refractivity contribution in [3.63, 3.8) is 0 Å². The van der Waals surface area contributed by atoms with E-state index >= 15 is 0 Å². The van der Waals surface area contributed by atoms with Gasteiger partial charge in [0.2, 0.25) is 6.79 Å². The molecule has 0 heterocycles. The van der Waals surface area contributed by atoms with E-state index in [1.54, 1.807) is 74.7 Å². The molecule has 0 N–H and O–H groups in total. The van der Waals surface area contributed by atoms with E-state index in [4.69, 9.17) is 42.9 Å². The Bertz CT molecular complexity index is 1240. The molecule has 0 saturated heterocycles. The van der Waals surface area contributed by atoms with Crippen molar-refractivity contribution in [3.8, 4) is 23.0 Å². The summed E-state index contributed by atoms with van der Waals surface area (Å²) >= 11 is 0. The van der Waals surface area contributed by atoms with E-state index in [1.807, 2.05) is 12.1 Å². The van der Waals surface area contributed by atoms with E-state index in [1.165, 1.54) is 0 Å². The van der Waals surface area contributed by atoms with Crippen LogP contribution in [-0.4, -0.2) is 53.1 Å². The predicted octanol–water partition coefficient (Wildman–Crippen LogP) is 6.18. The normalized spacial score (nSPS) is 10.4. The lowest BCUT2D eigenvalue weighted by Crippen LogP contribution is -2.09. The summed E-state index contributed by atoms with van der Waals surface area (Å²) in [6.07, 6.45) is 0.671. The van der Waals surface area contributed by atoms with Gasteiger partial charge >= 0.3 is 5.97 Å². The second kappa shape index (κ2) is 18.0. The molecule has 0 aliphatic carbocycles. The maximum absolute atomic E-state index is 12.5. The number of hydrogen-bond donors (Lipinski definition) is 0. The van der Waals surface area contributed by atoms with Crippen molar-refractivity contribution in [1.29, 1.82) is 0 Å². The molecule has 3 rings (SSSR count). The van der Waals surface area contributed by atoms with Crippen molar-refractivity contribution in [2.45, 2.75) is 13.3 Å². The first kappa shape index (κ1) is 32.0. The summed E-state index contributed by atoms with van der Waals surface area (Å²) in [4.78, 5) is 22.3. The minimum absolute atomic E-state index is 0.000924. The fraction of sp³-hybridized carbons (Fsp3) is 0.281. The summed E-state index contributed by atoms with van der Waals surface area (Å²) in [5.74, 6) is 2.77. The Labute approximate surface area is 245 Å². The molecule has 3 aromatic carbocycles. The Morgan fingerprint density at radius 2 is 1.24 bits per heavy atom. The van der Waals surface area contributed by atoms with E-state index < -0.39 is 5.97 Å². The van der Waals surface area contributed by atoms with Crippen LogP contribution in [0.4, 0.5) is 0 Å². The number of hydrogen-bond acceptors (Lipinski definition) is 10. The van der Waals surface area contributed by atoms with Gasteiger partial charge in [0.25, 0.3) is 0 Å². The Balaban J connectivity index is 1.34. The summed E-state index contributed by atoms with van der Waals surface area (Å²) in [6.45, 7) is 11.0. The molecule has 0 aliphatic rings. The maximum Gasteiger partial charge on any atom is 0.343 e. The number of methoxy groups -OCH3 is 1. The molecular formula is C32H36O10. The number of carbonyl (C=O) groups is 1. The monoisotopic (exact) mass is 580 g/mol. The Kier molecular flexibility index (Phi) is 13.7. The molecule has 0 radical (unpaired) electrons. The molecule has 0 saturated carbocycles. The van der Waals surface area contributed by atoms with Gasteiger partial charge in [0.1, 0.15) is 47.9 Å². The van der Waals surface area contributed by atoms with E-state index in [0.717, 1.165) is 5.56 Å². The first-order chi connectivity index (χ1) is 20.4. The van der Waals surface area contributed by atoms with Gasteiger partial charge in [-0.1, -0.05) is 25.3 Å². The second-order valence-electron chi connectivity index (χ2n) is 8.71. The predicted molar refractivity (Wildman–Crippen MR) is 155 cm³/mol. The fourth-order valence-corrected chi connectivity index (χ4v) is 3.26. The van der Waals surface area contributed by atoms with Gasteiger partial charge in [-0.05, 0) is 67.6 Å². The topological polar surface area (TPSA) is 100 Å². The van der Waals surface area contributed by atoms with Crippen LogP contribution in [0.5, 0.6) is 23.0 Å². The van der Waals surface area contributed by atoms with E-state index in [2.05, 4.69) is 13.2 Å². The standard InChI is InChI=1S/C32H36O10/c1-24(2)42-40-19-5-18-37-28-10-12-29(13-11-28)38-23-39-30-14-16-31(17-15-30)41-32(33)27-8-6-26(7-9-27)25(3)36-21-20-35-22-34-4/h6-17H,1,3,5,18-23H2,2,4H3. The van der Waals surface area contributed by atoms with Gasteiger partial charge < -0.3 is 38.0 Å². The summed E-state index contributed by atoms with van der Waals surface area (Å²) < 4.78 is 37.9. The summed E-state index contributed by atoms with van der Waals surface area (Å²) in [5, 5.41) is 0. The molecule has 0 spiro atoms. The molecule has 3 aromatic rings. The number of allylic oxidation sites excluding steroid dienone is 1. The van der Waals surface area contributed by atoms with Crippen LogP contribution in [0.1, 0.15) is 29.3 Å². The van der Waals surface area contributed by atoms with Gasteiger partial charge in [-0.3, -0.25) is 0 Å². The lowest BCUT2D eigenvalue weighted by atomic mass is 10.1. The van der Waals surface area contributed by atoms with Crippen molar-refractivity contribution >= 4 is 11.7 Å². The highest BCUT2D eigenvalue weighted by Crippen LogP contribution is 2.21. The summed E-state index contributed by atoms with van der Waals surface area (Å²) in [7, 11) is 1.55. The molecular weight excluding hydrogens is 544 g/mol. The number of ether oxygens (including phenoxy) is 7. The largest absolute Gasteiger partial charge is 0.494 e. The van der Waals surface area contributed by atoms with Crippen molar-refractivity contribution in [1.82, 2.24) is 0 Å². The summed E-state index contributed by atoms with van der Waals surface area (Å²) in [5.41, 5.74) is 1.14. The zero-order chi connectivity index (χ0) is 30.0. The van der Waals surface area contributed by atoms with Crippen molar-refractivity contribution in [2.24, 2.45) is 0 Å². The molecule has 0 amide bonds. The van der Waals surface area contributed by atoms with Gasteiger partial charge in [0.05, 0.1) is 25.4 Å². The average molecular weight is 581 g/mol. The Morgan fingerprint density at radius 3 is 1.83 bits per heavy atom.